The smallest absolute Gasteiger partial charge is 0.328 e. The molecule has 1 amide bonds. The number of fused-ring (bicyclic) bond motifs is 1. The number of carbonyl (C=O) groups is 2. The van der Waals surface area contributed by atoms with Crippen molar-refractivity contribution in [3.63, 3.8) is 0 Å². The number of hydrogen-bond donors (Lipinski definition) is 1. The van der Waals surface area contributed by atoms with Crippen LogP contribution in [0.15, 0.2) is 61.3 Å². The highest BCUT2D eigenvalue weighted by Crippen LogP contribution is 2.47. The first kappa shape index (κ1) is 18.7. The fourth-order valence-corrected chi connectivity index (χ4v) is 7.03. The third kappa shape index (κ3) is 2.30. The lowest BCUT2D eigenvalue weighted by molar-refractivity contribution is -0.157. The highest BCUT2D eigenvalue weighted by molar-refractivity contribution is 7.93. The number of hydrogen-bond acceptors (Lipinski definition) is 4. The maximum Gasteiger partial charge on any atom is 0.328 e. The Kier molecular flexibility index (Phi) is 3.82. The summed E-state index contributed by atoms with van der Waals surface area (Å²) in [5.41, 5.74) is 0.821. The molecule has 0 saturated carbocycles. The van der Waals surface area contributed by atoms with E-state index in [4.69, 9.17) is 0 Å². The summed E-state index contributed by atoms with van der Waals surface area (Å²) in [7, 11) is -3.90. The average Bonchev–Trinajstić information content (AvgIpc) is 3.44. The van der Waals surface area contributed by atoms with Crippen LogP contribution in [0.4, 0.5) is 0 Å². The van der Waals surface area contributed by atoms with Crippen molar-refractivity contribution in [1.82, 2.24) is 18.6 Å². The van der Waals surface area contributed by atoms with Gasteiger partial charge in [0.05, 0.1) is 12.1 Å². The van der Waals surface area contributed by atoms with Crippen LogP contribution in [0.25, 0.3) is 11.5 Å². The molecule has 2 saturated heterocycles. The molecule has 3 aromatic rings. The molecule has 5 rings (SSSR count). The lowest BCUT2D eigenvalue weighted by Gasteiger charge is -2.35. The van der Waals surface area contributed by atoms with Crippen molar-refractivity contribution in [2.45, 2.75) is 36.1 Å². The summed E-state index contributed by atoms with van der Waals surface area (Å²) < 4.78 is 30.4. The lowest BCUT2D eigenvalue weighted by Crippen LogP contribution is -2.58. The Morgan fingerprint density at radius 3 is 2.27 bits per heavy atom. The van der Waals surface area contributed by atoms with E-state index in [0.717, 1.165) is 10.6 Å². The van der Waals surface area contributed by atoms with Crippen LogP contribution in [0.2, 0.25) is 0 Å². The Morgan fingerprint density at radius 2 is 1.70 bits per heavy atom. The highest BCUT2D eigenvalue weighted by atomic mass is 32.2. The molecule has 2 fully saturated rings. The summed E-state index contributed by atoms with van der Waals surface area (Å²) in [6.45, 7) is 1.34. The van der Waals surface area contributed by atoms with E-state index < -0.39 is 37.9 Å². The number of β-lactam (4-membered cyclic amide) rings is 1. The summed E-state index contributed by atoms with van der Waals surface area (Å²) in [6, 6.07) is 7.91. The van der Waals surface area contributed by atoms with E-state index in [0.29, 0.717) is 5.82 Å². The van der Waals surface area contributed by atoms with Crippen LogP contribution in [0.1, 0.15) is 13.3 Å². The molecule has 2 aliphatic heterocycles. The molecule has 2 aliphatic rings. The quantitative estimate of drug-likeness (QED) is 0.616. The number of aromatic nitrogens is 3. The monoisotopic (exact) mass is 428 g/mol. The van der Waals surface area contributed by atoms with Crippen LogP contribution in [0, 0.1) is 0 Å². The molecule has 1 N–H and O–H groups in total. The van der Waals surface area contributed by atoms with Gasteiger partial charge in [0.1, 0.15) is 15.9 Å². The number of carboxylic acids is 1. The molecule has 3 atom stereocenters. The van der Waals surface area contributed by atoms with Gasteiger partial charge < -0.3 is 23.7 Å². The molecule has 10 heteroatoms. The standard InChI is InChI=1S/C20H20N4O5S/c1-20(17(19(26)27)24-15(25)12-16(24)30(20,28)29)13-23-11-6-14(21-7-2-3-8-21)18(23)22-9-4-5-10-22/h2-11,16-17H,12-13H2,1H3,(H,26,27)/t16-,17-,20+/m0/s1. The molecule has 0 spiro atoms. The van der Waals surface area contributed by atoms with Gasteiger partial charge in [0.2, 0.25) is 5.91 Å². The topological polar surface area (TPSA) is 107 Å². The Balaban J connectivity index is 1.65. The Labute approximate surface area is 172 Å². The van der Waals surface area contributed by atoms with Crippen LogP contribution in [0.3, 0.4) is 0 Å². The largest absolute Gasteiger partial charge is 0.480 e. The number of aliphatic carboxylic acids is 1. The van der Waals surface area contributed by atoms with Crippen molar-refractivity contribution < 1.29 is 23.1 Å². The molecule has 0 bridgehead atoms. The van der Waals surface area contributed by atoms with Gasteiger partial charge in [-0.2, -0.15) is 0 Å². The lowest BCUT2D eigenvalue weighted by atomic mass is 9.96. The van der Waals surface area contributed by atoms with E-state index in [1.54, 1.807) is 10.8 Å². The van der Waals surface area contributed by atoms with E-state index >= 15 is 0 Å². The molecule has 0 aromatic carbocycles. The molecule has 0 radical (unpaired) electrons. The van der Waals surface area contributed by atoms with E-state index in [9.17, 15) is 23.1 Å². The van der Waals surface area contributed by atoms with Gasteiger partial charge >= 0.3 is 5.97 Å². The zero-order valence-corrected chi connectivity index (χ0v) is 16.9. The summed E-state index contributed by atoms with van der Waals surface area (Å²) in [5, 5.41) is 8.77. The third-order valence-corrected chi connectivity index (χ3v) is 8.94. The van der Waals surface area contributed by atoms with Gasteiger partial charge in [0, 0.05) is 37.5 Å². The van der Waals surface area contributed by atoms with Gasteiger partial charge in [-0.1, -0.05) is 0 Å². The minimum Gasteiger partial charge on any atom is -0.480 e. The second kappa shape index (κ2) is 6.11. The number of sulfone groups is 1. The number of rotatable bonds is 5. The van der Waals surface area contributed by atoms with Crippen LogP contribution in [-0.4, -0.2) is 60.2 Å². The van der Waals surface area contributed by atoms with E-state index in [1.165, 1.54) is 6.92 Å². The molecule has 0 aliphatic carbocycles. The number of carbonyl (C=O) groups excluding carboxylic acids is 1. The average molecular weight is 428 g/mol. The molecule has 156 valence electrons. The van der Waals surface area contributed by atoms with Crippen molar-refractivity contribution in [2.75, 3.05) is 0 Å². The molecule has 9 nitrogen and oxygen atoms in total. The number of amides is 1. The van der Waals surface area contributed by atoms with E-state index in [1.807, 2.05) is 64.3 Å². The molecule has 0 unspecified atom stereocenters. The minimum atomic E-state index is -3.90. The summed E-state index contributed by atoms with van der Waals surface area (Å²) in [6.07, 6.45) is 9.04. The zero-order chi connectivity index (χ0) is 21.3. The van der Waals surface area contributed by atoms with E-state index in [-0.39, 0.29) is 13.0 Å². The maximum atomic E-state index is 13.3. The summed E-state index contributed by atoms with van der Waals surface area (Å²) in [5.74, 6) is -1.04. The van der Waals surface area contributed by atoms with E-state index in [2.05, 4.69) is 0 Å². The van der Waals surface area contributed by atoms with Crippen molar-refractivity contribution in [3.05, 3.63) is 61.3 Å². The van der Waals surface area contributed by atoms with Crippen LogP contribution < -0.4 is 0 Å². The normalized spacial score (nSPS) is 27.1. The molecule has 5 heterocycles. The van der Waals surface area contributed by atoms with Crippen LogP contribution in [0.5, 0.6) is 0 Å². The fourth-order valence-electron chi connectivity index (χ4n) is 4.66. The SMILES string of the molecule is C[C@@]1(Cn2ccc(-n3cccc3)c2-n2cccc2)[C@H](C(=O)O)N2C(=O)C[C@@H]2S1(=O)=O. The van der Waals surface area contributed by atoms with Gasteiger partial charge in [-0.3, -0.25) is 4.79 Å². The zero-order valence-electron chi connectivity index (χ0n) is 16.1. The van der Waals surface area contributed by atoms with Crippen molar-refractivity contribution in [3.8, 4) is 11.5 Å². The molecular formula is C20H20N4O5S. The van der Waals surface area contributed by atoms with Crippen molar-refractivity contribution >= 4 is 21.7 Å². The Bertz CT molecular complexity index is 1240. The van der Waals surface area contributed by atoms with Gasteiger partial charge in [-0.05, 0) is 37.3 Å². The van der Waals surface area contributed by atoms with Gasteiger partial charge in [0.15, 0.2) is 15.9 Å². The second-order valence-electron chi connectivity index (χ2n) is 7.89. The first-order valence-electron chi connectivity index (χ1n) is 9.49. The molecular weight excluding hydrogens is 408 g/mol. The second-order valence-corrected chi connectivity index (χ2v) is 10.5. The predicted octanol–water partition coefficient (Wildman–Crippen LogP) is 1.27. The number of carboxylic acid groups (broad SMARTS) is 1. The first-order chi connectivity index (χ1) is 14.3. The van der Waals surface area contributed by atoms with Crippen LogP contribution >= 0.6 is 0 Å². The fraction of sp³-hybridized carbons (Fsp3) is 0.300. The van der Waals surface area contributed by atoms with Gasteiger partial charge in [0.25, 0.3) is 0 Å². The van der Waals surface area contributed by atoms with Crippen LogP contribution in [-0.2, 0) is 26.0 Å². The van der Waals surface area contributed by atoms with Crippen molar-refractivity contribution in [2.24, 2.45) is 0 Å². The van der Waals surface area contributed by atoms with Gasteiger partial charge in [-0.25, -0.2) is 13.2 Å². The van der Waals surface area contributed by atoms with Gasteiger partial charge in [-0.15, -0.1) is 0 Å². The first-order valence-corrected chi connectivity index (χ1v) is 11.0. The third-order valence-electron chi connectivity index (χ3n) is 6.18. The van der Waals surface area contributed by atoms with Crippen molar-refractivity contribution in [1.29, 1.82) is 0 Å². The minimum absolute atomic E-state index is 0.0959. The molecule has 30 heavy (non-hydrogen) atoms. The Hall–Kier alpha value is -3.27. The maximum absolute atomic E-state index is 13.3. The predicted molar refractivity (Wildman–Crippen MR) is 107 cm³/mol. The highest BCUT2D eigenvalue weighted by Gasteiger charge is 2.70. The summed E-state index contributed by atoms with van der Waals surface area (Å²) >= 11 is 0. The Morgan fingerprint density at radius 1 is 1.10 bits per heavy atom. The molecule has 3 aromatic heterocycles. The summed E-state index contributed by atoms with van der Waals surface area (Å²) in [4.78, 5) is 25.1. The number of nitrogens with zero attached hydrogens (tertiary/aromatic N) is 4.